The molecule has 0 saturated heterocycles. The van der Waals surface area contributed by atoms with Crippen molar-refractivity contribution in [3.05, 3.63) is 71.3 Å². The van der Waals surface area contributed by atoms with Crippen molar-refractivity contribution in [1.29, 1.82) is 0 Å². The van der Waals surface area contributed by atoms with Gasteiger partial charge in [-0.15, -0.1) is 0 Å². The van der Waals surface area contributed by atoms with Crippen LogP contribution < -0.4 is 14.4 Å². The lowest BCUT2D eigenvalue weighted by molar-refractivity contribution is -0.647. The third kappa shape index (κ3) is 7.31. The lowest BCUT2D eigenvalue weighted by Crippen LogP contribution is -2.32. The molecule has 1 aliphatic rings. The first-order valence-electron chi connectivity index (χ1n) is 12.9. The first-order valence-corrected chi connectivity index (χ1v) is 14.5. The summed E-state index contributed by atoms with van der Waals surface area (Å²) in [7, 11) is -1.61. The summed E-state index contributed by atoms with van der Waals surface area (Å²) in [4.78, 5) is 2.97. The predicted molar refractivity (Wildman–Crippen MR) is 142 cm³/mol. The quantitative estimate of drug-likeness (QED) is 0.125. The standard InChI is InChI=1S/C27H25F9N4O3S/c1-37-19-10-8-17(26(31,32)33)14-21(19)39(12-3-4-13-44(41,42)43)23(37)6-5-7-24-38(2)20-11-9-18(27(34,35)36)15-22(20)40(24)16-25(28,29)30/h5-11,14-15H,3-4,12-13,16H2,1-2H3. The van der Waals surface area contributed by atoms with Crippen LogP contribution in [0.4, 0.5) is 50.9 Å². The van der Waals surface area contributed by atoms with Gasteiger partial charge in [-0.1, -0.05) is 6.08 Å². The summed E-state index contributed by atoms with van der Waals surface area (Å²) in [6.07, 6.45) is -10.3. The van der Waals surface area contributed by atoms with Crippen LogP contribution in [0.5, 0.6) is 0 Å². The molecule has 0 saturated carbocycles. The largest absolute Gasteiger partial charge is 0.748 e. The minimum Gasteiger partial charge on any atom is -0.748 e. The van der Waals surface area contributed by atoms with Crippen LogP contribution in [-0.2, 0) is 36.1 Å². The van der Waals surface area contributed by atoms with E-state index < -0.39 is 52.1 Å². The molecule has 0 amide bonds. The molecule has 0 unspecified atom stereocenters. The Hall–Kier alpha value is -3.73. The highest BCUT2D eigenvalue weighted by Crippen LogP contribution is 2.44. The summed E-state index contributed by atoms with van der Waals surface area (Å²) >= 11 is 0. The molecule has 0 spiro atoms. The summed E-state index contributed by atoms with van der Waals surface area (Å²) in [5.74, 6) is -0.513. The van der Waals surface area contributed by atoms with Gasteiger partial charge in [-0.25, -0.2) is 17.6 Å². The highest BCUT2D eigenvalue weighted by molar-refractivity contribution is 7.85. The van der Waals surface area contributed by atoms with Gasteiger partial charge in [0.05, 0.1) is 39.7 Å². The van der Waals surface area contributed by atoms with Crippen molar-refractivity contribution >= 4 is 38.6 Å². The van der Waals surface area contributed by atoms with Crippen molar-refractivity contribution in [2.75, 3.05) is 29.1 Å². The van der Waals surface area contributed by atoms with Gasteiger partial charge >= 0.3 is 18.5 Å². The van der Waals surface area contributed by atoms with E-state index in [4.69, 9.17) is 0 Å². The SMILES string of the molecule is CN1/C(=C\C=C\c2n(CC(F)(F)F)c3cc(C(F)(F)F)ccc3[n+]2C)N(CCCCS(=O)(=O)[O-])c2cc(C(F)(F)F)ccc21. The molecule has 4 rings (SSSR count). The van der Waals surface area contributed by atoms with Crippen LogP contribution >= 0.6 is 0 Å². The lowest BCUT2D eigenvalue weighted by Gasteiger charge is -2.23. The number of hydrogen-bond donors (Lipinski definition) is 0. The molecule has 3 aromatic rings. The van der Waals surface area contributed by atoms with Gasteiger partial charge in [0, 0.05) is 31.5 Å². The van der Waals surface area contributed by atoms with E-state index >= 15 is 0 Å². The molecule has 2 aromatic carbocycles. The van der Waals surface area contributed by atoms with E-state index in [0.717, 1.165) is 24.3 Å². The first-order chi connectivity index (χ1) is 20.2. The first kappa shape index (κ1) is 33.2. The van der Waals surface area contributed by atoms with Crippen molar-refractivity contribution in [3.8, 4) is 0 Å². The zero-order valence-electron chi connectivity index (χ0n) is 23.1. The summed E-state index contributed by atoms with van der Waals surface area (Å²) in [5, 5.41) is 0. The van der Waals surface area contributed by atoms with Crippen LogP contribution in [0.3, 0.4) is 0 Å². The molecule has 2 heterocycles. The van der Waals surface area contributed by atoms with Gasteiger partial charge in [-0.2, -0.15) is 39.5 Å². The van der Waals surface area contributed by atoms with Gasteiger partial charge in [0.15, 0.2) is 17.6 Å². The number of allylic oxidation sites excluding steroid dienone is 2. The number of aromatic nitrogens is 2. The minimum absolute atomic E-state index is 0.00379. The number of hydrogen-bond acceptors (Lipinski definition) is 5. The number of alkyl halides is 9. The van der Waals surface area contributed by atoms with Gasteiger partial charge in [-0.05, 0) is 49.2 Å². The number of aryl methyl sites for hydroxylation is 1. The van der Waals surface area contributed by atoms with Crippen LogP contribution in [0, 0.1) is 0 Å². The van der Waals surface area contributed by atoms with E-state index in [2.05, 4.69) is 0 Å². The van der Waals surface area contributed by atoms with Crippen molar-refractivity contribution < 1.29 is 57.1 Å². The maximum Gasteiger partial charge on any atom is 0.426 e. The Bertz CT molecular complexity index is 1720. The van der Waals surface area contributed by atoms with E-state index in [1.807, 2.05) is 0 Å². The highest BCUT2D eigenvalue weighted by Gasteiger charge is 2.38. The molecule has 0 aliphatic carbocycles. The van der Waals surface area contributed by atoms with Crippen molar-refractivity contribution in [1.82, 2.24) is 4.57 Å². The van der Waals surface area contributed by atoms with Crippen molar-refractivity contribution in [3.63, 3.8) is 0 Å². The van der Waals surface area contributed by atoms with E-state index in [1.165, 1.54) is 52.8 Å². The number of benzene rings is 2. The van der Waals surface area contributed by atoms with E-state index in [0.29, 0.717) is 16.3 Å². The Morgan fingerprint density at radius 2 is 1.50 bits per heavy atom. The summed E-state index contributed by atoms with van der Waals surface area (Å²) < 4.78 is 156. The fourth-order valence-electron chi connectivity index (χ4n) is 5.01. The molecule has 17 heteroatoms. The smallest absolute Gasteiger partial charge is 0.426 e. The van der Waals surface area contributed by atoms with E-state index in [-0.39, 0.29) is 47.8 Å². The molecule has 0 atom stereocenters. The van der Waals surface area contributed by atoms with Gasteiger partial charge in [-0.3, -0.25) is 0 Å². The molecular weight excluding hydrogens is 631 g/mol. The second kappa shape index (κ2) is 11.6. The fourth-order valence-corrected chi connectivity index (χ4v) is 5.57. The van der Waals surface area contributed by atoms with Gasteiger partial charge in [0.1, 0.15) is 5.82 Å². The van der Waals surface area contributed by atoms with Crippen molar-refractivity contribution in [2.45, 2.75) is 37.9 Å². The molecule has 240 valence electrons. The Morgan fingerprint density at radius 1 is 0.886 bits per heavy atom. The van der Waals surface area contributed by atoms with Crippen molar-refractivity contribution in [2.24, 2.45) is 7.05 Å². The molecule has 44 heavy (non-hydrogen) atoms. The fraction of sp³-hybridized carbons (Fsp3) is 0.370. The Morgan fingerprint density at radius 3 is 2.09 bits per heavy atom. The second-order valence-electron chi connectivity index (χ2n) is 10.1. The second-order valence-corrected chi connectivity index (χ2v) is 11.6. The van der Waals surface area contributed by atoms with Crippen LogP contribution in [-0.4, -0.2) is 43.1 Å². The third-order valence-corrected chi connectivity index (χ3v) is 7.79. The average Bonchev–Trinajstić information content (AvgIpc) is 3.29. The van der Waals surface area contributed by atoms with Gasteiger partial charge < -0.3 is 14.4 Å². The van der Waals surface area contributed by atoms with Crippen LogP contribution in [0.15, 0.2) is 54.4 Å². The van der Waals surface area contributed by atoms with Crippen LogP contribution in [0.1, 0.15) is 29.8 Å². The lowest BCUT2D eigenvalue weighted by atomic mass is 10.1. The number of nitrogens with zero attached hydrogens (tertiary/aromatic N) is 4. The highest BCUT2D eigenvalue weighted by atomic mass is 32.2. The summed E-state index contributed by atoms with van der Waals surface area (Å²) in [6.45, 7) is -1.60. The molecule has 1 aliphatic heterocycles. The monoisotopic (exact) mass is 656 g/mol. The van der Waals surface area contributed by atoms with Crippen LogP contribution in [0.2, 0.25) is 0 Å². The van der Waals surface area contributed by atoms with E-state index in [1.54, 1.807) is 0 Å². The number of fused-ring (bicyclic) bond motifs is 2. The third-order valence-electron chi connectivity index (χ3n) is 7.00. The number of halogens is 9. The molecule has 1 aromatic heterocycles. The van der Waals surface area contributed by atoms with Gasteiger partial charge in [0.2, 0.25) is 0 Å². The topological polar surface area (TPSA) is 72.5 Å². The summed E-state index contributed by atoms with van der Waals surface area (Å²) in [5.41, 5.74) is -1.82. The molecule has 0 fully saturated rings. The number of unbranched alkanes of at least 4 members (excludes halogenated alkanes) is 1. The summed E-state index contributed by atoms with van der Waals surface area (Å²) in [6, 6.07) is 5.45. The Kier molecular flexibility index (Phi) is 8.78. The number of rotatable bonds is 8. The number of imidazole rings is 1. The predicted octanol–water partition coefficient (Wildman–Crippen LogP) is 6.20. The van der Waals surface area contributed by atoms with Gasteiger partial charge in [0.25, 0.3) is 5.82 Å². The maximum absolute atomic E-state index is 13.5. The molecule has 7 nitrogen and oxygen atoms in total. The minimum atomic E-state index is -4.80. The Balaban J connectivity index is 1.77. The zero-order valence-corrected chi connectivity index (χ0v) is 23.9. The average molecular weight is 657 g/mol. The Labute approximate surface area is 245 Å². The molecule has 0 N–H and O–H groups in total. The number of anilines is 2. The van der Waals surface area contributed by atoms with Crippen LogP contribution in [0.25, 0.3) is 17.1 Å². The van der Waals surface area contributed by atoms with E-state index in [9.17, 15) is 52.5 Å². The zero-order chi connectivity index (χ0) is 32.8. The maximum atomic E-state index is 13.5. The normalized spacial score (nSPS) is 15.8. The molecule has 0 bridgehead atoms. The molecular formula is C27H25F9N4O3S. The molecule has 0 radical (unpaired) electrons.